The van der Waals surface area contributed by atoms with Gasteiger partial charge in [-0.25, -0.2) is 0 Å². The van der Waals surface area contributed by atoms with Gasteiger partial charge in [0.05, 0.1) is 25.9 Å². The van der Waals surface area contributed by atoms with Gasteiger partial charge in [-0.3, -0.25) is 4.79 Å². The quantitative estimate of drug-likeness (QED) is 0.866. The largest absolute Gasteiger partial charge is 0.497 e. The van der Waals surface area contributed by atoms with E-state index in [1.165, 1.54) is 14.2 Å². The van der Waals surface area contributed by atoms with Gasteiger partial charge < -0.3 is 14.8 Å². The predicted octanol–water partition coefficient (Wildman–Crippen LogP) is 2.52. The van der Waals surface area contributed by atoms with Crippen molar-refractivity contribution >= 4 is 5.91 Å². The highest BCUT2D eigenvalue weighted by Crippen LogP contribution is 2.25. The molecular formula is C15H20N2O3. The van der Waals surface area contributed by atoms with Crippen LogP contribution in [0.2, 0.25) is 0 Å². The van der Waals surface area contributed by atoms with Crippen LogP contribution < -0.4 is 14.8 Å². The Bertz CT molecular complexity index is 516. The van der Waals surface area contributed by atoms with E-state index < -0.39 is 5.54 Å². The zero-order valence-corrected chi connectivity index (χ0v) is 12.3. The van der Waals surface area contributed by atoms with Crippen LogP contribution in [-0.4, -0.2) is 25.7 Å². The fourth-order valence-electron chi connectivity index (χ4n) is 1.89. The second kappa shape index (κ2) is 6.80. The Morgan fingerprint density at radius 3 is 2.40 bits per heavy atom. The third kappa shape index (κ3) is 3.21. The average molecular weight is 276 g/mol. The number of amides is 1. The Balaban J connectivity index is 3.11. The molecule has 0 aromatic heterocycles. The Kier molecular flexibility index (Phi) is 5.39. The molecular weight excluding hydrogens is 256 g/mol. The molecule has 0 atom stereocenters. The fraction of sp³-hybridized carbons (Fsp3) is 0.467. The number of benzene rings is 1. The second-order valence-corrected chi connectivity index (χ2v) is 4.42. The van der Waals surface area contributed by atoms with E-state index in [4.69, 9.17) is 9.47 Å². The van der Waals surface area contributed by atoms with Crippen molar-refractivity contribution in [3.63, 3.8) is 0 Å². The van der Waals surface area contributed by atoms with Gasteiger partial charge in [0.1, 0.15) is 17.0 Å². The molecule has 1 aromatic rings. The minimum Gasteiger partial charge on any atom is -0.497 e. The van der Waals surface area contributed by atoms with Gasteiger partial charge in [-0.15, -0.1) is 0 Å². The van der Waals surface area contributed by atoms with Crippen molar-refractivity contribution in [2.24, 2.45) is 0 Å². The normalized spacial score (nSPS) is 10.6. The van der Waals surface area contributed by atoms with Gasteiger partial charge in [-0.1, -0.05) is 13.8 Å². The van der Waals surface area contributed by atoms with E-state index >= 15 is 0 Å². The first kappa shape index (κ1) is 15.8. The van der Waals surface area contributed by atoms with Crippen molar-refractivity contribution in [3.8, 4) is 17.6 Å². The molecule has 1 amide bonds. The van der Waals surface area contributed by atoms with Crippen LogP contribution in [0.5, 0.6) is 11.5 Å². The maximum atomic E-state index is 12.4. The molecule has 0 radical (unpaired) electrons. The number of nitrogens with one attached hydrogen (secondary N) is 1. The lowest BCUT2D eigenvalue weighted by atomic mass is 9.94. The SMILES string of the molecule is CCC(C#N)(CC)NC(=O)c1cc(OC)ccc1OC. The molecule has 0 unspecified atom stereocenters. The molecule has 1 aromatic carbocycles. The summed E-state index contributed by atoms with van der Waals surface area (Å²) >= 11 is 0. The molecule has 0 fully saturated rings. The van der Waals surface area contributed by atoms with Crippen LogP contribution >= 0.6 is 0 Å². The topological polar surface area (TPSA) is 71.4 Å². The van der Waals surface area contributed by atoms with E-state index in [-0.39, 0.29) is 5.91 Å². The molecule has 0 aliphatic heterocycles. The van der Waals surface area contributed by atoms with Crippen molar-refractivity contribution in [1.82, 2.24) is 5.32 Å². The first-order valence-corrected chi connectivity index (χ1v) is 6.51. The van der Waals surface area contributed by atoms with Gasteiger partial charge in [0.25, 0.3) is 5.91 Å². The highest BCUT2D eigenvalue weighted by Gasteiger charge is 2.29. The summed E-state index contributed by atoms with van der Waals surface area (Å²) in [7, 11) is 3.02. The number of carbonyl (C=O) groups excluding carboxylic acids is 1. The molecule has 0 spiro atoms. The highest BCUT2D eigenvalue weighted by atomic mass is 16.5. The summed E-state index contributed by atoms with van der Waals surface area (Å²) in [6, 6.07) is 7.16. The van der Waals surface area contributed by atoms with E-state index in [2.05, 4.69) is 11.4 Å². The summed E-state index contributed by atoms with van der Waals surface area (Å²) < 4.78 is 10.3. The van der Waals surface area contributed by atoms with Crippen molar-refractivity contribution in [1.29, 1.82) is 5.26 Å². The van der Waals surface area contributed by atoms with E-state index in [9.17, 15) is 10.1 Å². The van der Waals surface area contributed by atoms with Gasteiger partial charge in [-0.2, -0.15) is 5.26 Å². The molecule has 20 heavy (non-hydrogen) atoms. The van der Waals surface area contributed by atoms with Crippen molar-refractivity contribution in [2.45, 2.75) is 32.2 Å². The number of ether oxygens (including phenoxy) is 2. The molecule has 0 aliphatic carbocycles. The number of methoxy groups -OCH3 is 2. The number of nitrogens with zero attached hydrogens (tertiary/aromatic N) is 1. The summed E-state index contributed by atoms with van der Waals surface area (Å²) in [6.45, 7) is 3.74. The maximum absolute atomic E-state index is 12.4. The number of rotatable bonds is 6. The number of carbonyl (C=O) groups is 1. The first-order valence-electron chi connectivity index (χ1n) is 6.51. The standard InChI is InChI=1S/C15H20N2O3/c1-5-15(6-2,10-16)17-14(18)12-9-11(19-3)7-8-13(12)20-4/h7-9H,5-6H2,1-4H3,(H,17,18). The van der Waals surface area contributed by atoms with Crippen LogP contribution in [0.3, 0.4) is 0 Å². The average Bonchev–Trinajstić information content (AvgIpc) is 2.51. The van der Waals surface area contributed by atoms with Gasteiger partial charge >= 0.3 is 0 Å². The lowest BCUT2D eigenvalue weighted by molar-refractivity contribution is 0.0912. The lowest BCUT2D eigenvalue weighted by Gasteiger charge is -2.25. The summed E-state index contributed by atoms with van der Waals surface area (Å²) in [5.41, 5.74) is -0.501. The van der Waals surface area contributed by atoms with E-state index in [1.807, 2.05) is 13.8 Å². The molecule has 1 rings (SSSR count). The molecule has 0 bridgehead atoms. The zero-order valence-electron chi connectivity index (χ0n) is 12.3. The third-order valence-electron chi connectivity index (χ3n) is 3.43. The van der Waals surface area contributed by atoms with Crippen molar-refractivity contribution in [3.05, 3.63) is 23.8 Å². The smallest absolute Gasteiger partial charge is 0.256 e. The van der Waals surface area contributed by atoms with E-state index in [1.54, 1.807) is 18.2 Å². The Labute approximate surface area is 119 Å². The fourth-order valence-corrected chi connectivity index (χ4v) is 1.89. The van der Waals surface area contributed by atoms with Crippen molar-refractivity contribution in [2.75, 3.05) is 14.2 Å². The van der Waals surface area contributed by atoms with Gasteiger partial charge in [0.15, 0.2) is 0 Å². The highest BCUT2D eigenvalue weighted by molar-refractivity contribution is 5.98. The van der Waals surface area contributed by atoms with Crippen LogP contribution in [0, 0.1) is 11.3 Å². The number of hydrogen-bond donors (Lipinski definition) is 1. The summed E-state index contributed by atoms with van der Waals surface area (Å²) in [5, 5.41) is 12.1. The predicted molar refractivity (Wildman–Crippen MR) is 75.9 cm³/mol. The Morgan fingerprint density at radius 2 is 1.95 bits per heavy atom. The van der Waals surface area contributed by atoms with Crippen LogP contribution in [-0.2, 0) is 0 Å². The summed E-state index contributed by atoms with van der Waals surface area (Å²) in [5.74, 6) is 0.667. The first-order chi connectivity index (χ1) is 9.55. The number of hydrogen-bond acceptors (Lipinski definition) is 4. The molecule has 108 valence electrons. The van der Waals surface area contributed by atoms with Gasteiger partial charge in [0, 0.05) is 0 Å². The van der Waals surface area contributed by atoms with Crippen LogP contribution in [0.15, 0.2) is 18.2 Å². The summed E-state index contributed by atoms with van der Waals surface area (Å²) in [4.78, 5) is 12.4. The second-order valence-electron chi connectivity index (χ2n) is 4.42. The molecule has 0 saturated carbocycles. The van der Waals surface area contributed by atoms with Crippen LogP contribution in [0.4, 0.5) is 0 Å². The van der Waals surface area contributed by atoms with Crippen LogP contribution in [0.1, 0.15) is 37.0 Å². The van der Waals surface area contributed by atoms with Gasteiger partial charge in [0.2, 0.25) is 0 Å². The number of nitriles is 1. The Hall–Kier alpha value is -2.22. The molecule has 5 nitrogen and oxygen atoms in total. The molecule has 0 aliphatic rings. The third-order valence-corrected chi connectivity index (χ3v) is 3.43. The van der Waals surface area contributed by atoms with E-state index in [0.717, 1.165) is 0 Å². The molecule has 0 saturated heterocycles. The minimum absolute atomic E-state index is 0.342. The zero-order chi connectivity index (χ0) is 15.2. The lowest BCUT2D eigenvalue weighted by Crippen LogP contribution is -2.46. The maximum Gasteiger partial charge on any atom is 0.256 e. The van der Waals surface area contributed by atoms with Gasteiger partial charge in [-0.05, 0) is 31.0 Å². The van der Waals surface area contributed by atoms with Crippen molar-refractivity contribution < 1.29 is 14.3 Å². The van der Waals surface area contributed by atoms with Crippen LogP contribution in [0.25, 0.3) is 0 Å². The molecule has 0 heterocycles. The molecule has 1 N–H and O–H groups in total. The Morgan fingerprint density at radius 1 is 1.30 bits per heavy atom. The summed E-state index contributed by atoms with van der Waals surface area (Å²) in [6.07, 6.45) is 1.08. The van der Waals surface area contributed by atoms with E-state index in [0.29, 0.717) is 29.9 Å². The minimum atomic E-state index is -0.856. The molecule has 5 heteroatoms. The monoisotopic (exact) mass is 276 g/mol.